The van der Waals surface area contributed by atoms with Crippen LogP contribution in [0.2, 0.25) is 5.02 Å². The molecule has 1 fully saturated rings. The van der Waals surface area contributed by atoms with Gasteiger partial charge in [-0.15, -0.1) is 0 Å². The number of H-pyrrole nitrogens is 1. The van der Waals surface area contributed by atoms with E-state index in [1.165, 1.54) is 11.8 Å². The molecule has 8 nitrogen and oxygen atoms in total. The fourth-order valence-corrected chi connectivity index (χ4v) is 4.84. The Morgan fingerprint density at radius 1 is 1.23 bits per heavy atom. The summed E-state index contributed by atoms with van der Waals surface area (Å²) < 4.78 is 0. The van der Waals surface area contributed by atoms with Crippen LogP contribution in [0, 0.1) is 6.92 Å². The van der Waals surface area contributed by atoms with Crippen LogP contribution in [0.15, 0.2) is 28.3 Å². The molecule has 0 amide bonds. The van der Waals surface area contributed by atoms with E-state index < -0.39 is 0 Å². The summed E-state index contributed by atoms with van der Waals surface area (Å²) in [4.78, 5) is 24.8. The number of nitrogens with one attached hydrogen (secondary N) is 1. The maximum atomic E-state index is 6.63. The first-order chi connectivity index (χ1) is 14.4. The van der Waals surface area contributed by atoms with Crippen molar-refractivity contribution in [3.05, 3.63) is 34.7 Å². The Labute approximate surface area is 182 Å². The number of nitrogens with zero attached hydrogens (tertiary/aromatic N) is 5. The summed E-state index contributed by atoms with van der Waals surface area (Å²) in [6.45, 7) is 5.40. The minimum absolute atomic E-state index is 0.156. The molecule has 0 saturated carbocycles. The van der Waals surface area contributed by atoms with Crippen molar-refractivity contribution in [3.8, 4) is 0 Å². The first kappa shape index (κ1) is 19.3. The van der Waals surface area contributed by atoms with Gasteiger partial charge in [-0.1, -0.05) is 18.5 Å². The molecular formula is C20H21ClN8S. The van der Waals surface area contributed by atoms with Gasteiger partial charge in [0.2, 0.25) is 0 Å². The summed E-state index contributed by atoms with van der Waals surface area (Å²) in [5.41, 5.74) is 14.5. The zero-order valence-electron chi connectivity index (χ0n) is 16.6. The number of nitrogen functional groups attached to an aromatic ring is 1. The molecule has 154 valence electrons. The molecular weight excluding hydrogens is 420 g/mol. The largest absolute Gasteiger partial charge is 0.383 e. The summed E-state index contributed by atoms with van der Waals surface area (Å²) in [7, 11) is 0. The summed E-state index contributed by atoms with van der Waals surface area (Å²) in [5, 5.41) is 3.02. The van der Waals surface area contributed by atoms with Gasteiger partial charge in [-0.3, -0.25) is 0 Å². The van der Waals surface area contributed by atoms with Crippen LogP contribution in [-0.2, 0) is 6.42 Å². The van der Waals surface area contributed by atoms with Gasteiger partial charge in [-0.05, 0) is 43.3 Å². The van der Waals surface area contributed by atoms with E-state index in [2.05, 4.69) is 26.8 Å². The van der Waals surface area contributed by atoms with E-state index in [0.717, 1.165) is 57.9 Å². The molecule has 1 saturated heterocycles. The van der Waals surface area contributed by atoms with Crippen molar-refractivity contribution < 1.29 is 0 Å². The van der Waals surface area contributed by atoms with Crippen LogP contribution in [0.1, 0.15) is 18.4 Å². The molecule has 5 N–H and O–H groups in total. The topological polar surface area (TPSA) is 123 Å². The lowest BCUT2D eigenvalue weighted by atomic mass is 10.1. The van der Waals surface area contributed by atoms with Gasteiger partial charge in [0, 0.05) is 35.1 Å². The van der Waals surface area contributed by atoms with Crippen LogP contribution in [0.4, 0.5) is 11.6 Å². The fraction of sp³-hybridized carbons (Fsp3) is 0.300. The van der Waals surface area contributed by atoms with Gasteiger partial charge < -0.3 is 21.4 Å². The SMILES string of the molecule is CCc1[nH]c2nc(Sc3ccc4c(N)nc(C)nc4c3)nc(N3CC(N)C3)c2c1Cl. The normalized spacial score (nSPS) is 14.6. The Morgan fingerprint density at radius 2 is 2.03 bits per heavy atom. The number of benzene rings is 1. The van der Waals surface area contributed by atoms with Crippen molar-refractivity contribution in [1.29, 1.82) is 0 Å². The van der Waals surface area contributed by atoms with Crippen molar-refractivity contribution >= 4 is 56.9 Å². The van der Waals surface area contributed by atoms with Crippen LogP contribution >= 0.6 is 23.4 Å². The minimum Gasteiger partial charge on any atom is -0.383 e. The van der Waals surface area contributed by atoms with E-state index in [1.807, 2.05) is 25.1 Å². The molecule has 0 unspecified atom stereocenters. The predicted octanol–water partition coefficient (Wildman–Crippen LogP) is 3.31. The van der Waals surface area contributed by atoms with Gasteiger partial charge >= 0.3 is 0 Å². The average Bonchev–Trinajstić information content (AvgIpc) is 3.00. The van der Waals surface area contributed by atoms with Crippen molar-refractivity contribution in [2.24, 2.45) is 5.73 Å². The lowest BCUT2D eigenvalue weighted by Gasteiger charge is -2.38. The van der Waals surface area contributed by atoms with Gasteiger partial charge in [0.15, 0.2) is 5.16 Å². The highest BCUT2D eigenvalue weighted by molar-refractivity contribution is 7.99. The van der Waals surface area contributed by atoms with E-state index >= 15 is 0 Å². The van der Waals surface area contributed by atoms with E-state index in [1.54, 1.807) is 0 Å². The fourth-order valence-electron chi connectivity index (χ4n) is 3.70. The number of fused-ring (bicyclic) bond motifs is 2. The molecule has 0 spiro atoms. The maximum Gasteiger partial charge on any atom is 0.196 e. The van der Waals surface area contributed by atoms with Gasteiger partial charge in [0.05, 0.1) is 15.9 Å². The number of anilines is 2. The first-order valence-corrected chi connectivity index (χ1v) is 10.9. The van der Waals surface area contributed by atoms with E-state index in [-0.39, 0.29) is 6.04 Å². The molecule has 0 atom stereocenters. The number of hydrogen-bond acceptors (Lipinski definition) is 8. The number of aromatic nitrogens is 5. The van der Waals surface area contributed by atoms with Crippen LogP contribution < -0.4 is 16.4 Å². The first-order valence-electron chi connectivity index (χ1n) is 9.73. The van der Waals surface area contributed by atoms with E-state index in [4.69, 9.17) is 33.0 Å². The summed E-state index contributed by atoms with van der Waals surface area (Å²) in [5.74, 6) is 1.95. The molecule has 30 heavy (non-hydrogen) atoms. The number of nitrogens with two attached hydrogens (primary N) is 2. The molecule has 0 aliphatic carbocycles. The number of hydrogen-bond donors (Lipinski definition) is 3. The molecule has 0 bridgehead atoms. The second-order valence-electron chi connectivity index (χ2n) is 7.43. The molecule has 1 aliphatic heterocycles. The van der Waals surface area contributed by atoms with E-state index in [0.29, 0.717) is 21.8 Å². The third-order valence-electron chi connectivity index (χ3n) is 5.20. The lowest BCUT2D eigenvalue weighted by Crippen LogP contribution is -2.56. The highest BCUT2D eigenvalue weighted by Gasteiger charge is 2.29. The van der Waals surface area contributed by atoms with Crippen molar-refractivity contribution in [2.75, 3.05) is 23.7 Å². The zero-order chi connectivity index (χ0) is 21.0. The number of rotatable bonds is 4. The Morgan fingerprint density at radius 3 is 2.77 bits per heavy atom. The van der Waals surface area contributed by atoms with Crippen LogP contribution in [0.25, 0.3) is 21.9 Å². The lowest BCUT2D eigenvalue weighted by molar-refractivity contribution is 0.514. The van der Waals surface area contributed by atoms with Gasteiger partial charge in [0.25, 0.3) is 0 Å². The van der Waals surface area contributed by atoms with Gasteiger partial charge in [-0.2, -0.15) is 0 Å². The summed E-state index contributed by atoms with van der Waals surface area (Å²) in [6, 6.07) is 6.05. The highest BCUT2D eigenvalue weighted by atomic mass is 35.5. The monoisotopic (exact) mass is 440 g/mol. The van der Waals surface area contributed by atoms with Crippen LogP contribution in [0.5, 0.6) is 0 Å². The number of halogens is 1. The summed E-state index contributed by atoms with van der Waals surface area (Å²) in [6.07, 6.45) is 0.793. The zero-order valence-corrected chi connectivity index (χ0v) is 18.2. The van der Waals surface area contributed by atoms with Crippen molar-refractivity contribution in [1.82, 2.24) is 24.9 Å². The van der Waals surface area contributed by atoms with Crippen molar-refractivity contribution in [3.63, 3.8) is 0 Å². The molecule has 4 heterocycles. The molecule has 1 aromatic carbocycles. The second-order valence-corrected chi connectivity index (χ2v) is 8.85. The quantitative estimate of drug-likeness (QED) is 0.413. The van der Waals surface area contributed by atoms with Gasteiger partial charge in [0.1, 0.15) is 23.1 Å². The molecule has 5 rings (SSSR count). The minimum atomic E-state index is 0.156. The average molecular weight is 441 g/mol. The smallest absolute Gasteiger partial charge is 0.196 e. The van der Waals surface area contributed by atoms with E-state index in [9.17, 15) is 0 Å². The standard InChI is InChI=1S/C20H21ClN8S/c1-3-13-16(21)15-18(26-13)27-20(28-19(15)29-7-10(22)8-29)30-11-4-5-12-14(6-11)24-9(2)25-17(12)23/h4-6,10H,3,7-8,22H2,1-2H3,(H2,23,24,25)(H,26,27,28). The maximum absolute atomic E-state index is 6.63. The molecule has 0 radical (unpaired) electrons. The predicted molar refractivity (Wildman–Crippen MR) is 121 cm³/mol. The number of aromatic amines is 1. The molecule has 10 heteroatoms. The summed E-state index contributed by atoms with van der Waals surface area (Å²) >= 11 is 8.10. The second kappa shape index (κ2) is 7.26. The molecule has 1 aliphatic rings. The Bertz CT molecular complexity index is 1280. The van der Waals surface area contributed by atoms with Gasteiger partial charge in [-0.25, -0.2) is 19.9 Å². The van der Waals surface area contributed by atoms with Crippen molar-refractivity contribution in [2.45, 2.75) is 36.4 Å². The number of aryl methyl sites for hydroxylation is 2. The highest BCUT2D eigenvalue weighted by Crippen LogP contribution is 2.38. The van der Waals surface area contributed by atoms with Crippen LogP contribution in [-0.4, -0.2) is 44.1 Å². The molecule has 4 aromatic rings. The third-order valence-corrected chi connectivity index (χ3v) is 6.48. The Kier molecular flexibility index (Phi) is 4.68. The Balaban J connectivity index is 1.58. The third kappa shape index (κ3) is 3.23. The molecule has 3 aromatic heterocycles. The van der Waals surface area contributed by atoms with Crippen LogP contribution in [0.3, 0.4) is 0 Å². The Hall–Kier alpha value is -2.62.